The molecule has 5 heteroatoms. The molecule has 0 saturated carbocycles. The Morgan fingerprint density at radius 2 is 1.20 bits per heavy atom. The molecular weight excluding hydrogens is 279 g/mol. The first kappa shape index (κ1) is 24.0. The Balaban J connectivity index is -0.00000000167. The van der Waals surface area contributed by atoms with Gasteiger partial charge >= 0.3 is 91.7 Å². The Hall–Kier alpha value is 3.25. The average Bonchev–Trinajstić information content (AvgIpc) is 1.00. The van der Waals surface area contributed by atoms with Gasteiger partial charge in [-0.25, -0.2) is 0 Å². The Kier molecular flexibility index (Phi) is 129. The van der Waals surface area contributed by atoms with Crippen molar-refractivity contribution in [2.75, 3.05) is 0 Å². The van der Waals surface area contributed by atoms with Crippen molar-refractivity contribution in [2.45, 2.75) is 0 Å². The van der Waals surface area contributed by atoms with Crippen molar-refractivity contribution in [1.29, 1.82) is 0 Å². The zero-order chi connectivity index (χ0) is 2.00. The standard InChI is InChI=1S/Mg.Mn.Mo.O.Sr.4H. The van der Waals surface area contributed by atoms with E-state index in [4.69, 9.17) is 3.40 Å². The molecule has 0 aromatic carbocycles. The molecule has 0 atom stereocenters. The minimum absolute atomic E-state index is 0. The summed E-state index contributed by atoms with van der Waals surface area (Å²) in [7, 11) is 0. The first-order chi connectivity index (χ1) is 1.00. The van der Waals surface area contributed by atoms with Crippen LogP contribution in [0, 0.1) is 0 Å². The van der Waals surface area contributed by atoms with Gasteiger partial charge in [-0.15, -0.1) is 0 Å². The van der Waals surface area contributed by atoms with E-state index >= 15 is 0 Å². The molecule has 0 spiro atoms. The fraction of sp³-hybridized carbons (Fsp3) is 0. The predicted octanol–water partition coefficient (Wildman–Crippen LogP) is -1.96. The van der Waals surface area contributed by atoms with Crippen molar-refractivity contribution < 1.29 is 40.2 Å². The van der Waals surface area contributed by atoms with Gasteiger partial charge < -0.3 is 0 Å². The summed E-state index contributed by atoms with van der Waals surface area (Å²) in [5.41, 5.74) is 0. The molecule has 1 radical (unpaired) electrons. The molecule has 0 bridgehead atoms. The summed E-state index contributed by atoms with van der Waals surface area (Å²) in [6.45, 7) is 0. The fourth-order valence-electron chi connectivity index (χ4n) is 0. The van der Waals surface area contributed by atoms with E-state index in [0.29, 0.717) is 19.8 Å². The molecule has 27 valence electrons. The van der Waals surface area contributed by atoms with Gasteiger partial charge in [-0.1, -0.05) is 0 Å². The van der Waals surface area contributed by atoms with Gasteiger partial charge in [0.2, 0.25) is 0 Å². The SMILES string of the molecule is [MgH2].[Mn].[O]=[Mo].[SrH2]. The minimum atomic E-state index is 0. The van der Waals surface area contributed by atoms with Crippen molar-refractivity contribution in [1.82, 2.24) is 0 Å². The van der Waals surface area contributed by atoms with Gasteiger partial charge in [-0.3, -0.25) is 0 Å². The van der Waals surface area contributed by atoms with Crippen LogP contribution in [-0.2, 0) is 40.2 Å². The van der Waals surface area contributed by atoms with Crippen LogP contribution in [0.1, 0.15) is 0 Å². The van der Waals surface area contributed by atoms with Crippen LogP contribution in [0.4, 0.5) is 0 Å². The van der Waals surface area contributed by atoms with E-state index in [0.717, 1.165) is 0 Å². The topological polar surface area (TPSA) is 17.1 Å². The van der Waals surface area contributed by atoms with Gasteiger partial charge in [0.15, 0.2) is 0 Å². The van der Waals surface area contributed by atoms with Gasteiger partial charge in [0.05, 0.1) is 0 Å². The van der Waals surface area contributed by atoms with E-state index in [1.54, 1.807) is 0 Å². The van der Waals surface area contributed by atoms with Gasteiger partial charge in [-0.2, -0.15) is 0 Å². The molecule has 0 aliphatic heterocycles. The van der Waals surface area contributed by atoms with E-state index in [9.17, 15) is 0 Å². The Labute approximate surface area is 106 Å². The first-order valence-corrected chi connectivity index (χ1v) is 0.986. The molecule has 0 aliphatic carbocycles. The van der Waals surface area contributed by atoms with Crippen LogP contribution < -0.4 is 0 Å². The second-order valence-electron chi connectivity index (χ2n) is 0. The number of hydrogen-bond acceptors (Lipinski definition) is 1. The maximum atomic E-state index is 8.26. The van der Waals surface area contributed by atoms with Crippen LogP contribution in [0.15, 0.2) is 0 Å². The molecule has 0 fully saturated rings. The summed E-state index contributed by atoms with van der Waals surface area (Å²) in [5.74, 6) is 0. The van der Waals surface area contributed by atoms with Crippen molar-refractivity contribution >= 4 is 68.5 Å². The predicted molar refractivity (Wildman–Crippen MR) is 17.8 cm³/mol. The van der Waals surface area contributed by atoms with Crippen LogP contribution in [0.2, 0.25) is 0 Å². The molecule has 5 heavy (non-hydrogen) atoms. The monoisotopic (exact) mass is 285 g/mol. The summed E-state index contributed by atoms with van der Waals surface area (Å²) in [5, 5.41) is 0. The molecule has 0 aliphatic rings. The van der Waals surface area contributed by atoms with Gasteiger partial charge in [0, 0.05) is 17.1 Å². The molecule has 0 rings (SSSR count). The Morgan fingerprint density at radius 1 is 1.20 bits per heavy atom. The van der Waals surface area contributed by atoms with Crippen LogP contribution >= 0.6 is 0 Å². The Bertz CT molecular complexity index is 11.6. The molecule has 0 aromatic heterocycles. The van der Waals surface area contributed by atoms with E-state index in [-0.39, 0.29) is 85.6 Å². The molecule has 0 saturated heterocycles. The first-order valence-electron chi connectivity index (χ1n) is 0.167. The molecule has 1 nitrogen and oxygen atoms in total. The summed E-state index contributed by atoms with van der Waals surface area (Å²) >= 11 is 0.700. The molecule has 0 heterocycles. The summed E-state index contributed by atoms with van der Waals surface area (Å²) in [6.07, 6.45) is 0. The van der Waals surface area contributed by atoms with Crippen LogP contribution in [0.25, 0.3) is 0 Å². The third-order valence-corrected chi connectivity index (χ3v) is 0. The van der Waals surface area contributed by atoms with Crippen LogP contribution in [0.3, 0.4) is 0 Å². The zero-order valence-corrected chi connectivity index (χ0v) is 4.38. The normalized spacial score (nSPS) is 0.800. The molecule has 0 N–H and O–H groups in total. The zero-order valence-electron chi connectivity index (χ0n) is 1.19. The fourth-order valence-corrected chi connectivity index (χ4v) is 0. The average molecular weight is 283 g/mol. The maximum absolute atomic E-state index is 8.26. The third kappa shape index (κ3) is 18.9. The van der Waals surface area contributed by atoms with E-state index < -0.39 is 0 Å². The van der Waals surface area contributed by atoms with Crippen molar-refractivity contribution in [3.05, 3.63) is 0 Å². The molecule has 0 amide bonds. The van der Waals surface area contributed by atoms with Crippen molar-refractivity contribution in [2.24, 2.45) is 0 Å². The Morgan fingerprint density at radius 3 is 1.20 bits per heavy atom. The van der Waals surface area contributed by atoms with Gasteiger partial charge in [0.25, 0.3) is 0 Å². The quantitative estimate of drug-likeness (QED) is 0.472. The van der Waals surface area contributed by atoms with Crippen molar-refractivity contribution in [3.63, 3.8) is 0 Å². The van der Waals surface area contributed by atoms with Gasteiger partial charge in [-0.05, 0) is 0 Å². The van der Waals surface area contributed by atoms with Crippen LogP contribution in [0.5, 0.6) is 0 Å². The van der Waals surface area contributed by atoms with E-state index in [2.05, 4.69) is 0 Å². The second kappa shape index (κ2) is 26.8. The van der Waals surface area contributed by atoms with Crippen molar-refractivity contribution in [3.8, 4) is 0 Å². The van der Waals surface area contributed by atoms with Gasteiger partial charge in [0.1, 0.15) is 0 Å². The summed E-state index contributed by atoms with van der Waals surface area (Å²) in [4.78, 5) is 0. The number of hydrogen-bond donors (Lipinski definition) is 0. The second-order valence-corrected chi connectivity index (χ2v) is 0. The molecular formula is H4MgMnMoOSr. The summed E-state index contributed by atoms with van der Waals surface area (Å²) < 4.78 is 8.26. The molecule has 0 unspecified atom stereocenters. The third-order valence-electron chi connectivity index (χ3n) is 0. The number of rotatable bonds is 0. The molecule has 0 aromatic rings. The summed E-state index contributed by atoms with van der Waals surface area (Å²) in [6, 6.07) is 0. The van der Waals surface area contributed by atoms with Crippen LogP contribution in [-0.4, -0.2) is 68.5 Å². The van der Waals surface area contributed by atoms with E-state index in [1.165, 1.54) is 0 Å². The van der Waals surface area contributed by atoms with E-state index in [1.807, 2.05) is 0 Å².